The van der Waals surface area contributed by atoms with Crippen molar-refractivity contribution < 1.29 is 4.74 Å². The lowest BCUT2D eigenvalue weighted by Gasteiger charge is -2.06. The average Bonchev–Trinajstić information content (AvgIpc) is 2.73. The van der Waals surface area contributed by atoms with Crippen LogP contribution in [0.4, 0.5) is 0 Å². The van der Waals surface area contributed by atoms with E-state index in [4.69, 9.17) is 22.1 Å². The second kappa shape index (κ2) is 5.11. The van der Waals surface area contributed by atoms with Gasteiger partial charge in [-0.3, -0.25) is 0 Å². The van der Waals surface area contributed by atoms with Crippen LogP contribution in [0.2, 0.25) is 5.02 Å². The van der Waals surface area contributed by atoms with Crippen molar-refractivity contribution in [3.8, 4) is 5.75 Å². The molecule has 2 aromatic rings. The van der Waals surface area contributed by atoms with Crippen LogP contribution < -0.4 is 10.5 Å². The Balaban J connectivity index is 2.02. The summed E-state index contributed by atoms with van der Waals surface area (Å²) < 4.78 is 5.48. The molecule has 0 amide bonds. The monoisotopic (exact) mass is 253 g/mol. The number of nitrogens with zero attached hydrogens (tertiary/aromatic N) is 4. The Morgan fingerprint density at radius 2 is 2.29 bits per heavy atom. The molecule has 0 bridgehead atoms. The summed E-state index contributed by atoms with van der Waals surface area (Å²) in [6.45, 7) is 0.664. The number of ether oxygens (including phenoxy) is 1. The molecule has 2 N–H and O–H groups in total. The molecule has 90 valence electrons. The minimum atomic E-state index is 0.256. The van der Waals surface area contributed by atoms with E-state index in [0.29, 0.717) is 23.1 Å². The fraction of sp³-hybridized carbons (Fsp3) is 0.300. The van der Waals surface area contributed by atoms with Gasteiger partial charge in [-0.1, -0.05) is 17.7 Å². The first-order valence-electron chi connectivity index (χ1n) is 5.03. The van der Waals surface area contributed by atoms with Crippen LogP contribution in [0.1, 0.15) is 11.4 Å². The van der Waals surface area contributed by atoms with E-state index in [2.05, 4.69) is 15.4 Å². The number of aromatic nitrogens is 4. The van der Waals surface area contributed by atoms with Crippen molar-refractivity contribution >= 4 is 11.6 Å². The third-order valence-corrected chi connectivity index (χ3v) is 2.51. The molecule has 0 fully saturated rings. The number of nitrogens with two attached hydrogens (primary N) is 1. The van der Waals surface area contributed by atoms with E-state index in [1.165, 1.54) is 4.80 Å². The van der Waals surface area contributed by atoms with Crippen molar-refractivity contribution in [3.05, 3.63) is 34.6 Å². The van der Waals surface area contributed by atoms with Crippen molar-refractivity contribution in [1.82, 2.24) is 20.2 Å². The maximum absolute atomic E-state index is 6.01. The van der Waals surface area contributed by atoms with Gasteiger partial charge in [0.15, 0.2) is 6.61 Å². The predicted octanol–water partition coefficient (Wildman–Crippen LogP) is 0.901. The molecule has 7 heteroatoms. The summed E-state index contributed by atoms with van der Waals surface area (Å²) in [5.41, 5.74) is 6.40. The second-order valence-electron chi connectivity index (χ2n) is 3.44. The van der Waals surface area contributed by atoms with Crippen LogP contribution in [0.3, 0.4) is 0 Å². The van der Waals surface area contributed by atoms with Gasteiger partial charge in [-0.05, 0) is 22.9 Å². The fourth-order valence-electron chi connectivity index (χ4n) is 1.31. The van der Waals surface area contributed by atoms with Crippen molar-refractivity contribution in [3.63, 3.8) is 0 Å². The Labute approximate surface area is 103 Å². The highest BCUT2D eigenvalue weighted by Gasteiger charge is 2.04. The highest BCUT2D eigenvalue weighted by molar-refractivity contribution is 6.31. The van der Waals surface area contributed by atoms with E-state index in [9.17, 15) is 0 Å². The highest BCUT2D eigenvalue weighted by atomic mass is 35.5. The molecule has 0 aliphatic heterocycles. The van der Waals surface area contributed by atoms with Gasteiger partial charge in [0.2, 0.25) is 5.82 Å². The minimum Gasteiger partial charge on any atom is -0.485 e. The molecule has 0 radical (unpaired) electrons. The van der Waals surface area contributed by atoms with Gasteiger partial charge in [-0.15, -0.1) is 10.2 Å². The molecule has 6 nitrogen and oxygen atoms in total. The minimum absolute atomic E-state index is 0.256. The molecule has 0 spiro atoms. The zero-order chi connectivity index (χ0) is 12.3. The van der Waals surface area contributed by atoms with Crippen LogP contribution in [0.25, 0.3) is 0 Å². The Hall–Kier alpha value is -1.66. The van der Waals surface area contributed by atoms with Gasteiger partial charge in [0.25, 0.3) is 0 Å². The molecular weight excluding hydrogens is 242 g/mol. The Morgan fingerprint density at radius 1 is 1.47 bits per heavy atom. The van der Waals surface area contributed by atoms with Gasteiger partial charge in [-0.25, -0.2) is 0 Å². The van der Waals surface area contributed by atoms with Gasteiger partial charge < -0.3 is 10.5 Å². The summed E-state index contributed by atoms with van der Waals surface area (Å²) in [5, 5.41) is 12.1. The highest BCUT2D eigenvalue weighted by Crippen LogP contribution is 2.22. The molecule has 2 rings (SSSR count). The van der Waals surface area contributed by atoms with E-state index >= 15 is 0 Å². The van der Waals surface area contributed by atoms with Gasteiger partial charge in [0.05, 0.1) is 7.05 Å². The zero-order valence-corrected chi connectivity index (χ0v) is 10.1. The Kier molecular flexibility index (Phi) is 3.55. The van der Waals surface area contributed by atoms with Crippen molar-refractivity contribution in [2.45, 2.75) is 13.2 Å². The summed E-state index contributed by atoms with van der Waals surface area (Å²) in [4.78, 5) is 1.38. The number of hydrogen-bond donors (Lipinski definition) is 1. The lowest BCUT2D eigenvalue weighted by molar-refractivity contribution is 0.295. The number of benzene rings is 1. The van der Waals surface area contributed by atoms with Crippen LogP contribution in [-0.4, -0.2) is 20.2 Å². The second-order valence-corrected chi connectivity index (χ2v) is 3.85. The van der Waals surface area contributed by atoms with E-state index in [0.717, 1.165) is 5.56 Å². The SMILES string of the molecule is Cn1nnc(COc2ccc(CN)c(Cl)c2)n1. The smallest absolute Gasteiger partial charge is 0.212 e. The molecule has 17 heavy (non-hydrogen) atoms. The summed E-state index contributed by atoms with van der Waals surface area (Å²) in [5.74, 6) is 1.17. The molecule has 0 unspecified atom stereocenters. The van der Waals surface area contributed by atoms with E-state index < -0.39 is 0 Å². The van der Waals surface area contributed by atoms with Gasteiger partial charge in [0.1, 0.15) is 5.75 Å². The van der Waals surface area contributed by atoms with Gasteiger partial charge in [-0.2, -0.15) is 4.80 Å². The summed E-state index contributed by atoms with van der Waals surface area (Å²) >= 11 is 6.01. The number of halogens is 1. The van der Waals surface area contributed by atoms with Gasteiger partial charge >= 0.3 is 0 Å². The zero-order valence-electron chi connectivity index (χ0n) is 9.30. The first kappa shape index (κ1) is 11.8. The van der Waals surface area contributed by atoms with Crippen molar-refractivity contribution in [2.75, 3.05) is 0 Å². The van der Waals surface area contributed by atoms with E-state index in [1.807, 2.05) is 12.1 Å². The maximum Gasteiger partial charge on any atom is 0.212 e. The first-order valence-corrected chi connectivity index (χ1v) is 5.41. The largest absolute Gasteiger partial charge is 0.485 e. The summed E-state index contributed by atoms with van der Waals surface area (Å²) in [6.07, 6.45) is 0. The Morgan fingerprint density at radius 3 is 2.88 bits per heavy atom. The quantitative estimate of drug-likeness (QED) is 0.876. The summed E-state index contributed by atoms with van der Waals surface area (Å²) in [7, 11) is 1.70. The van der Waals surface area contributed by atoms with Crippen LogP contribution in [0.15, 0.2) is 18.2 Å². The molecule has 0 aliphatic rings. The molecule has 0 atom stereocenters. The molecule has 1 heterocycles. The normalized spacial score (nSPS) is 10.5. The molecule has 0 saturated heterocycles. The lowest BCUT2D eigenvalue weighted by Crippen LogP contribution is -2.00. The first-order chi connectivity index (χ1) is 8.19. The molecule has 1 aromatic carbocycles. The summed E-state index contributed by atoms with van der Waals surface area (Å²) in [6, 6.07) is 5.37. The number of hydrogen-bond acceptors (Lipinski definition) is 5. The van der Waals surface area contributed by atoms with E-state index in [-0.39, 0.29) is 6.61 Å². The van der Waals surface area contributed by atoms with Crippen LogP contribution in [0, 0.1) is 0 Å². The number of rotatable bonds is 4. The molecular formula is C10H12ClN5O. The number of tetrazole rings is 1. The van der Waals surface area contributed by atoms with Crippen LogP contribution in [0.5, 0.6) is 5.75 Å². The standard InChI is InChI=1S/C10H12ClN5O/c1-16-14-10(13-15-16)6-17-8-3-2-7(5-12)9(11)4-8/h2-4H,5-6,12H2,1H3. The third kappa shape index (κ3) is 2.92. The van der Waals surface area contributed by atoms with Crippen LogP contribution >= 0.6 is 11.6 Å². The van der Waals surface area contributed by atoms with Crippen molar-refractivity contribution in [2.24, 2.45) is 12.8 Å². The maximum atomic E-state index is 6.01. The lowest BCUT2D eigenvalue weighted by atomic mass is 10.2. The van der Waals surface area contributed by atoms with Gasteiger partial charge in [0, 0.05) is 11.6 Å². The Bertz CT molecular complexity index is 513. The van der Waals surface area contributed by atoms with E-state index in [1.54, 1.807) is 13.1 Å². The third-order valence-electron chi connectivity index (χ3n) is 2.16. The predicted molar refractivity (Wildman–Crippen MR) is 62.5 cm³/mol. The average molecular weight is 254 g/mol. The molecule has 1 aromatic heterocycles. The topological polar surface area (TPSA) is 78.8 Å². The fourth-order valence-corrected chi connectivity index (χ4v) is 1.56. The number of aryl methyl sites for hydroxylation is 1. The van der Waals surface area contributed by atoms with Crippen LogP contribution in [-0.2, 0) is 20.2 Å². The molecule has 0 saturated carbocycles. The van der Waals surface area contributed by atoms with Crippen molar-refractivity contribution in [1.29, 1.82) is 0 Å². The molecule has 0 aliphatic carbocycles.